The lowest BCUT2D eigenvalue weighted by Gasteiger charge is -2.30. The van der Waals surface area contributed by atoms with E-state index in [0.717, 1.165) is 0 Å². The summed E-state index contributed by atoms with van der Waals surface area (Å²) in [7, 11) is -3.81. The van der Waals surface area contributed by atoms with Gasteiger partial charge in [0.05, 0.1) is 10.5 Å². The van der Waals surface area contributed by atoms with Gasteiger partial charge in [-0.15, -0.1) is 10.2 Å². The van der Waals surface area contributed by atoms with E-state index in [4.69, 9.17) is 5.26 Å². The van der Waals surface area contributed by atoms with Crippen LogP contribution in [0.25, 0.3) is 0 Å². The second-order valence-corrected chi connectivity index (χ2v) is 8.40. The summed E-state index contributed by atoms with van der Waals surface area (Å²) in [6.07, 6.45) is 0.634. The lowest BCUT2D eigenvalue weighted by Crippen LogP contribution is -2.44. The highest BCUT2D eigenvalue weighted by Gasteiger charge is 2.33. The van der Waals surface area contributed by atoms with Gasteiger partial charge in [0, 0.05) is 19.0 Å². The Bertz CT molecular complexity index is 1120. The first-order valence-corrected chi connectivity index (χ1v) is 10.3. The highest BCUT2D eigenvalue weighted by molar-refractivity contribution is 7.89. The van der Waals surface area contributed by atoms with Crippen LogP contribution in [-0.2, 0) is 14.8 Å². The van der Waals surface area contributed by atoms with Gasteiger partial charge in [0.25, 0.3) is 5.56 Å². The fourth-order valence-electron chi connectivity index (χ4n) is 2.95. The molecule has 29 heavy (non-hydrogen) atoms. The summed E-state index contributed by atoms with van der Waals surface area (Å²) in [5.41, 5.74) is 4.81. The number of hydrogen-bond donors (Lipinski definition) is 3. The van der Waals surface area contributed by atoms with Gasteiger partial charge < -0.3 is 0 Å². The number of aryl methyl sites for hydroxylation is 1. The van der Waals surface area contributed by atoms with Crippen molar-refractivity contribution in [3.05, 3.63) is 45.9 Å². The number of benzene rings is 1. The van der Waals surface area contributed by atoms with Crippen molar-refractivity contribution in [1.82, 2.24) is 24.9 Å². The van der Waals surface area contributed by atoms with Gasteiger partial charge >= 0.3 is 0 Å². The molecule has 1 saturated heterocycles. The normalized spacial score (nSPS) is 15.4. The Morgan fingerprint density at radius 3 is 2.62 bits per heavy atom. The zero-order valence-corrected chi connectivity index (χ0v) is 16.4. The number of nitriles is 1. The van der Waals surface area contributed by atoms with Crippen molar-refractivity contribution < 1.29 is 13.2 Å². The van der Waals surface area contributed by atoms with Gasteiger partial charge in [-0.3, -0.25) is 25.4 Å². The average molecular weight is 417 g/mol. The van der Waals surface area contributed by atoms with E-state index in [2.05, 4.69) is 26.0 Å². The first kappa shape index (κ1) is 20.4. The summed E-state index contributed by atoms with van der Waals surface area (Å²) < 4.78 is 26.9. The minimum atomic E-state index is -3.81. The van der Waals surface area contributed by atoms with Gasteiger partial charge in [-0.05, 0) is 31.9 Å². The van der Waals surface area contributed by atoms with Crippen LogP contribution >= 0.6 is 0 Å². The number of hydrogen-bond acceptors (Lipinski definition) is 8. The third-order valence-corrected chi connectivity index (χ3v) is 6.57. The van der Waals surface area contributed by atoms with Crippen LogP contribution in [0.3, 0.4) is 0 Å². The molecule has 1 aromatic heterocycles. The average Bonchev–Trinajstić information content (AvgIpc) is 2.74. The number of aromatic nitrogens is 3. The third-order valence-electron chi connectivity index (χ3n) is 4.61. The first-order valence-electron chi connectivity index (χ1n) is 8.81. The van der Waals surface area contributed by atoms with Gasteiger partial charge in [0.1, 0.15) is 11.8 Å². The topological polar surface area (TPSA) is 161 Å². The smallest absolute Gasteiger partial charge is 0.274 e. The molecule has 1 aliphatic heterocycles. The van der Waals surface area contributed by atoms with Crippen molar-refractivity contribution in [3.8, 4) is 6.07 Å². The van der Waals surface area contributed by atoms with Crippen LogP contribution in [-0.4, -0.2) is 46.9 Å². The summed E-state index contributed by atoms with van der Waals surface area (Å²) >= 11 is 0. The van der Waals surface area contributed by atoms with E-state index in [-0.39, 0.29) is 41.1 Å². The Labute approximate surface area is 166 Å². The Balaban J connectivity index is 1.59. The molecule has 12 heteroatoms. The highest BCUT2D eigenvalue weighted by Crippen LogP contribution is 2.25. The zero-order chi connectivity index (χ0) is 21.0. The van der Waals surface area contributed by atoms with Crippen LogP contribution in [0, 0.1) is 24.2 Å². The number of aromatic amines is 1. The van der Waals surface area contributed by atoms with Gasteiger partial charge in [-0.1, -0.05) is 12.1 Å². The molecule has 0 saturated carbocycles. The van der Waals surface area contributed by atoms with E-state index in [1.54, 1.807) is 12.1 Å². The summed E-state index contributed by atoms with van der Waals surface area (Å²) in [4.78, 5) is 26.2. The monoisotopic (exact) mass is 417 g/mol. The van der Waals surface area contributed by atoms with E-state index in [1.165, 1.54) is 23.4 Å². The number of hydrazine groups is 1. The number of anilines is 1. The van der Waals surface area contributed by atoms with Crippen LogP contribution in [0.15, 0.2) is 34.0 Å². The predicted molar refractivity (Wildman–Crippen MR) is 102 cm³/mol. The summed E-state index contributed by atoms with van der Waals surface area (Å²) in [5, 5.41) is 16.5. The Morgan fingerprint density at radius 2 is 1.97 bits per heavy atom. The first-order chi connectivity index (χ1) is 13.8. The van der Waals surface area contributed by atoms with E-state index in [9.17, 15) is 18.0 Å². The predicted octanol–water partition coefficient (Wildman–Crippen LogP) is -0.111. The second-order valence-electron chi connectivity index (χ2n) is 6.49. The molecule has 0 spiro atoms. The zero-order valence-electron chi connectivity index (χ0n) is 15.5. The van der Waals surface area contributed by atoms with Crippen LogP contribution in [0.4, 0.5) is 5.95 Å². The van der Waals surface area contributed by atoms with Crippen molar-refractivity contribution >= 4 is 21.9 Å². The molecule has 1 fully saturated rings. The number of rotatable bonds is 5. The molecule has 152 valence electrons. The van der Waals surface area contributed by atoms with Crippen LogP contribution in [0.2, 0.25) is 0 Å². The molecule has 0 unspecified atom stereocenters. The number of nitrogens with one attached hydrogen (secondary N) is 3. The fourth-order valence-corrected chi connectivity index (χ4v) is 4.57. The number of H-pyrrole nitrogens is 1. The Kier molecular flexibility index (Phi) is 5.90. The molecule has 0 aliphatic carbocycles. The Hall–Kier alpha value is -3.30. The molecule has 2 heterocycles. The van der Waals surface area contributed by atoms with Gasteiger partial charge in [-0.2, -0.15) is 9.57 Å². The van der Waals surface area contributed by atoms with Crippen molar-refractivity contribution in [2.45, 2.75) is 24.7 Å². The summed E-state index contributed by atoms with van der Waals surface area (Å²) in [6.45, 7) is 1.81. The molecular weight excluding hydrogens is 398 g/mol. The molecule has 1 aromatic carbocycles. The standard InChI is InChI=1S/C17H19N7O4S/c1-11-15(25)19-17(22-20-11)23-21-16(26)12-6-8-24(9-7-12)29(27,28)14-5-3-2-4-13(14)10-18/h2-5,12H,6-9H2,1H3,(H,21,26)(H2,19,22,23,25). The maximum Gasteiger partial charge on any atom is 0.274 e. The molecule has 0 bridgehead atoms. The van der Waals surface area contributed by atoms with Crippen LogP contribution < -0.4 is 16.4 Å². The lowest BCUT2D eigenvalue weighted by atomic mass is 9.98. The summed E-state index contributed by atoms with van der Waals surface area (Å²) in [5.74, 6) is -0.755. The largest absolute Gasteiger partial charge is 0.288 e. The fraction of sp³-hybridized carbons (Fsp3) is 0.353. The minimum Gasteiger partial charge on any atom is -0.288 e. The molecular formula is C17H19N7O4S. The second kappa shape index (κ2) is 8.38. The van der Waals surface area contributed by atoms with Crippen molar-refractivity contribution in [2.24, 2.45) is 5.92 Å². The molecule has 3 N–H and O–H groups in total. The van der Waals surface area contributed by atoms with Crippen molar-refractivity contribution in [2.75, 3.05) is 18.5 Å². The molecule has 1 aliphatic rings. The quantitative estimate of drug-likeness (QED) is 0.568. The van der Waals surface area contributed by atoms with Crippen molar-refractivity contribution in [3.63, 3.8) is 0 Å². The number of carbonyl (C=O) groups is 1. The van der Waals surface area contributed by atoms with E-state index in [0.29, 0.717) is 12.8 Å². The van der Waals surface area contributed by atoms with Gasteiger partial charge in [0.15, 0.2) is 0 Å². The van der Waals surface area contributed by atoms with Crippen LogP contribution in [0.5, 0.6) is 0 Å². The number of sulfonamides is 1. The molecule has 11 nitrogen and oxygen atoms in total. The number of amides is 1. The number of nitrogens with zero attached hydrogens (tertiary/aromatic N) is 4. The lowest BCUT2D eigenvalue weighted by molar-refractivity contribution is -0.125. The minimum absolute atomic E-state index is 0.00192. The van der Waals surface area contributed by atoms with Gasteiger partial charge in [-0.25, -0.2) is 8.42 Å². The SMILES string of the molecule is Cc1nnc(NNC(=O)C2CCN(S(=O)(=O)c3ccccc3C#N)CC2)[nH]c1=O. The molecule has 0 atom stereocenters. The number of piperidine rings is 1. The van der Waals surface area contributed by atoms with E-state index < -0.39 is 21.5 Å². The number of carbonyl (C=O) groups excluding carboxylic acids is 1. The van der Waals surface area contributed by atoms with E-state index in [1.807, 2.05) is 6.07 Å². The summed E-state index contributed by atoms with van der Waals surface area (Å²) in [6, 6.07) is 7.92. The molecule has 1 amide bonds. The molecule has 2 aromatic rings. The van der Waals surface area contributed by atoms with Crippen LogP contribution in [0.1, 0.15) is 24.1 Å². The Morgan fingerprint density at radius 1 is 1.28 bits per heavy atom. The molecule has 3 rings (SSSR count). The maximum atomic E-state index is 12.8. The van der Waals surface area contributed by atoms with Gasteiger partial charge in [0.2, 0.25) is 21.9 Å². The maximum absolute atomic E-state index is 12.8. The third kappa shape index (κ3) is 4.41. The molecule has 0 radical (unpaired) electrons. The van der Waals surface area contributed by atoms with Crippen molar-refractivity contribution in [1.29, 1.82) is 5.26 Å². The van der Waals surface area contributed by atoms with E-state index >= 15 is 0 Å². The highest BCUT2D eigenvalue weighted by atomic mass is 32.2.